The lowest BCUT2D eigenvalue weighted by atomic mass is 10.0. The van der Waals surface area contributed by atoms with E-state index in [1.165, 1.54) is 6.07 Å². The fourth-order valence-electron chi connectivity index (χ4n) is 1.22. The van der Waals surface area contributed by atoms with Gasteiger partial charge in [-0.2, -0.15) is 0 Å². The molecule has 0 radical (unpaired) electrons. The van der Waals surface area contributed by atoms with Crippen LogP contribution in [0.15, 0.2) is 12.1 Å². The molecule has 0 spiro atoms. The maximum atomic E-state index is 10.8. The number of carboxylic acids is 1. The van der Waals surface area contributed by atoms with Crippen molar-refractivity contribution in [2.24, 2.45) is 0 Å². The largest absolute Gasteiger partial charge is 0.477 e. The van der Waals surface area contributed by atoms with Gasteiger partial charge in [-0.3, -0.25) is 10.1 Å². The lowest BCUT2D eigenvalue weighted by Crippen LogP contribution is -2.06. The highest BCUT2D eigenvalue weighted by molar-refractivity contribution is 5.94. The van der Waals surface area contributed by atoms with Crippen molar-refractivity contribution in [2.45, 2.75) is 13.8 Å². The Hall–Kier alpha value is -1.91. The highest BCUT2D eigenvalue weighted by atomic mass is 16.6. The molecule has 0 amide bonds. The molecule has 0 saturated heterocycles. The second-order valence-corrected chi connectivity index (χ2v) is 2.96. The molecule has 1 N–H and O–H groups in total. The molecule has 1 rings (SSSR count). The van der Waals surface area contributed by atoms with Gasteiger partial charge in [-0.05, 0) is 25.0 Å². The molecular formula is C9H9NO4. The third-order valence-corrected chi connectivity index (χ3v) is 2.12. The summed E-state index contributed by atoms with van der Waals surface area (Å²) >= 11 is 0. The average molecular weight is 195 g/mol. The summed E-state index contributed by atoms with van der Waals surface area (Å²) < 4.78 is 0. The second-order valence-electron chi connectivity index (χ2n) is 2.96. The van der Waals surface area contributed by atoms with Gasteiger partial charge in [0.05, 0.1) is 4.92 Å². The number of aromatic carboxylic acids is 1. The lowest BCUT2D eigenvalue weighted by Gasteiger charge is -2.04. The first-order valence-electron chi connectivity index (χ1n) is 3.93. The fourth-order valence-corrected chi connectivity index (χ4v) is 1.22. The van der Waals surface area contributed by atoms with E-state index in [0.717, 1.165) is 5.56 Å². The number of hydrogen-bond donors (Lipinski definition) is 1. The summed E-state index contributed by atoms with van der Waals surface area (Å²) in [7, 11) is 0. The molecule has 1 aromatic rings. The van der Waals surface area contributed by atoms with Crippen molar-refractivity contribution < 1.29 is 14.8 Å². The highest BCUT2D eigenvalue weighted by Gasteiger charge is 2.22. The molecule has 0 heterocycles. The molecule has 0 saturated carbocycles. The van der Waals surface area contributed by atoms with E-state index >= 15 is 0 Å². The van der Waals surface area contributed by atoms with E-state index in [1.54, 1.807) is 19.9 Å². The van der Waals surface area contributed by atoms with Gasteiger partial charge in [0.2, 0.25) is 0 Å². The minimum Gasteiger partial charge on any atom is -0.477 e. The lowest BCUT2D eigenvalue weighted by molar-refractivity contribution is -0.385. The summed E-state index contributed by atoms with van der Waals surface area (Å²) in [6.45, 7) is 3.28. The SMILES string of the molecule is Cc1ccc([N+](=O)[O-])c(C(=O)O)c1C. The Morgan fingerprint density at radius 2 is 2.00 bits per heavy atom. The number of carboxylic acid groups (broad SMARTS) is 1. The quantitative estimate of drug-likeness (QED) is 0.577. The van der Waals surface area contributed by atoms with Crippen molar-refractivity contribution in [3.63, 3.8) is 0 Å². The number of nitro benzene ring substituents is 1. The summed E-state index contributed by atoms with van der Waals surface area (Å²) in [6.07, 6.45) is 0. The third kappa shape index (κ3) is 1.56. The molecule has 5 nitrogen and oxygen atoms in total. The van der Waals surface area contributed by atoms with Crippen LogP contribution in [0.4, 0.5) is 5.69 Å². The van der Waals surface area contributed by atoms with Crippen LogP contribution in [0.25, 0.3) is 0 Å². The van der Waals surface area contributed by atoms with Crippen LogP contribution < -0.4 is 0 Å². The van der Waals surface area contributed by atoms with Gasteiger partial charge >= 0.3 is 5.97 Å². The fraction of sp³-hybridized carbons (Fsp3) is 0.222. The summed E-state index contributed by atoms with van der Waals surface area (Å²) in [4.78, 5) is 20.6. The zero-order valence-corrected chi connectivity index (χ0v) is 7.77. The van der Waals surface area contributed by atoms with Crippen molar-refractivity contribution in [3.05, 3.63) is 38.9 Å². The smallest absolute Gasteiger partial charge is 0.343 e. The first kappa shape index (κ1) is 10.2. The van der Waals surface area contributed by atoms with Crippen molar-refractivity contribution in [1.82, 2.24) is 0 Å². The Bertz CT molecular complexity index is 412. The molecule has 0 fully saturated rings. The van der Waals surface area contributed by atoms with Crippen molar-refractivity contribution in [1.29, 1.82) is 0 Å². The third-order valence-electron chi connectivity index (χ3n) is 2.12. The Morgan fingerprint density at radius 3 is 2.43 bits per heavy atom. The number of benzene rings is 1. The molecule has 0 aromatic heterocycles. The molecule has 0 aliphatic heterocycles. The molecule has 5 heteroatoms. The van der Waals surface area contributed by atoms with Gasteiger partial charge in [-0.1, -0.05) is 6.07 Å². The molecule has 0 bridgehead atoms. The van der Waals surface area contributed by atoms with E-state index in [9.17, 15) is 14.9 Å². The minimum absolute atomic E-state index is 0.227. The normalized spacial score (nSPS) is 9.86. The molecule has 74 valence electrons. The van der Waals surface area contributed by atoms with Gasteiger partial charge in [0.1, 0.15) is 5.56 Å². The number of rotatable bonds is 2. The average Bonchev–Trinajstić information content (AvgIpc) is 2.08. The molecule has 0 atom stereocenters. The van der Waals surface area contributed by atoms with E-state index in [0.29, 0.717) is 5.56 Å². The number of nitro groups is 1. The van der Waals surface area contributed by atoms with Crippen LogP contribution in [0, 0.1) is 24.0 Å². The van der Waals surface area contributed by atoms with Gasteiger partial charge in [0.15, 0.2) is 0 Å². The Kier molecular flexibility index (Phi) is 2.51. The van der Waals surface area contributed by atoms with Gasteiger partial charge in [-0.15, -0.1) is 0 Å². The Morgan fingerprint density at radius 1 is 1.43 bits per heavy atom. The molecule has 0 aliphatic carbocycles. The summed E-state index contributed by atoms with van der Waals surface area (Å²) in [6, 6.07) is 2.76. The first-order chi connectivity index (χ1) is 6.45. The molecule has 0 unspecified atom stereocenters. The standard InChI is InChI=1S/C9H9NO4/c1-5-3-4-7(10(13)14)8(6(5)2)9(11)12/h3-4H,1-2H3,(H,11,12). The van der Waals surface area contributed by atoms with Gasteiger partial charge in [0.25, 0.3) is 5.69 Å². The number of nitrogens with zero attached hydrogens (tertiary/aromatic N) is 1. The van der Waals surface area contributed by atoms with Crippen LogP contribution in [-0.2, 0) is 0 Å². The predicted molar refractivity (Wildman–Crippen MR) is 49.5 cm³/mol. The van der Waals surface area contributed by atoms with Crippen LogP contribution in [0.5, 0.6) is 0 Å². The number of aryl methyl sites for hydroxylation is 1. The van der Waals surface area contributed by atoms with E-state index in [4.69, 9.17) is 5.11 Å². The zero-order valence-electron chi connectivity index (χ0n) is 7.77. The van der Waals surface area contributed by atoms with E-state index < -0.39 is 10.9 Å². The summed E-state index contributed by atoms with van der Waals surface area (Å²) in [5, 5.41) is 19.3. The highest BCUT2D eigenvalue weighted by Crippen LogP contribution is 2.24. The second kappa shape index (κ2) is 3.45. The van der Waals surface area contributed by atoms with Crippen LogP contribution in [-0.4, -0.2) is 16.0 Å². The Balaban J connectivity index is 3.53. The topological polar surface area (TPSA) is 80.4 Å². The van der Waals surface area contributed by atoms with Gasteiger partial charge < -0.3 is 5.11 Å². The number of hydrogen-bond acceptors (Lipinski definition) is 3. The molecule has 0 aliphatic rings. The summed E-state index contributed by atoms with van der Waals surface area (Å²) in [5.74, 6) is -1.27. The summed E-state index contributed by atoms with van der Waals surface area (Å²) in [5.41, 5.74) is 0.579. The number of carbonyl (C=O) groups is 1. The van der Waals surface area contributed by atoms with Crippen molar-refractivity contribution >= 4 is 11.7 Å². The first-order valence-corrected chi connectivity index (χ1v) is 3.93. The van der Waals surface area contributed by atoms with Crippen LogP contribution >= 0.6 is 0 Å². The molecular weight excluding hydrogens is 186 g/mol. The maximum Gasteiger partial charge on any atom is 0.343 e. The van der Waals surface area contributed by atoms with E-state index in [-0.39, 0.29) is 11.3 Å². The zero-order chi connectivity index (χ0) is 10.9. The van der Waals surface area contributed by atoms with E-state index in [2.05, 4.69) is 0 Å². The molecule has 1 aromatic carbocycles. The maximum absolute atomic E-state index is 10.8. The van der Waals surface area contributed by atoms with Crippen molar-refractivity contribution in [2.75, 3.05) is 0 Å². The van der Waals surface area contributed by atoms with Crippen LogP contribution in [0.3, 0.4) is 0 Å². The Labute approximate surface area is 80.1 Å². The monoisotopic (exact) mass is 195 g/mol. The van der Waals surface area contributed by atoms with E-state index in [1.807, 2.05) is 0 Å². The van der Waals surface area contributed by atoms with Crippen LogP contribution in [0.2, 0.25) is 0 Å². The van der Waals surface area contributed by atoms with Crippen molar-refractivity contribution in [3.8, 4) is 0 Å². The molecule has 14 heavy (non-hydrogen) atoms. The predicted octanol–water partition coefficient (Wildman–Crippen LogP) is 1.91. The minimum atomic E-state index is -1.27. The van der Waals surface area contributed by atoms with Gasteiger partial charge in [0, 0.05) is 6.07 Å². The van der Waals surface area contributed by atoms with Crippen LogP contribution in [0.1, 0.15) is 21.5 Å². The van der Waals surface area contributed by atoms with Gasteiger partial charge in [-0.25, -0.2) is 4.79 Å².